The Balaban J connectivity index is 2.34. The SMILES string of the molecule is CCCCCCC(C)(C)c1cc(O)c2c(c1)OC(C)(C)CC2CC(C)(C)O. The van der Waals surface area contributed by atoms with Crippen molar-refractivity contribution < 1.29 is 14.9 Å². The second-order valence-corrected chi connectivity index (χ2v) is 10.4. The van der Waals surface area contributed by atoms with Gasteiger partial charge in [-0.25, -0.2) is 0 Å². The van der Waals surface area contributed by atoms with Gasteiger partial charge in [0, 0.05) is 5.56 Å². The molecule has 0 aromatic heterocycles. The van der Waals surface area contributed by atoms with Crippen molar-refractivity contribution >= 4 is 0 Å². The zero-order chi connectivity index (χ0) is 20.5. The van der Waals surface area contributed by atoms with Crippen LogP contribution in [-0.4, -0.2) is 21.4 Å². The first-order chi connectivity index (χ1) is 12.3. The first-order valence-electron chi connectivity index (χ1n) is 10.6. The molecule has 1 heterocycles. The summed E-state index contributed by atoms with van der Waals surface area (Å²) in [6.45, 7) is 14.6. The van der Waals surface area contributed by atoms with E-state index >= 15 is 0 Å². The van der Waals surface area contributed by atoms with Crippen molar-refractivity contribution in [2.75, 3.05) is 0 Å². The zero-order valence-corrected chi connectivity index (χ0v) is 18.5. The Morgan fingerprint density at radius 2 is 1.78 bits per heavy atom. The molecule has 27 heavy (non-hydrogen) atoms. The maximum Gasteiger partial charge on any atom is 0.127 e. The molecular formula is C24H40O3. The predicted molar refractivity (Wildman–Crippen MR) is 113 cm³/mol. The maximum absolute atomic E-state index is 10.9. The number of benzene rings is 1. The molecule has 154 valence electrons. The highest BCUT2D eigenvalue weighted by Crippen LogP contribution is 2.50. The zero-order valence-electron chi connectivity index (χ0n) is 18.5. The molecule has 3 nitrogen and oxygen atoms in total. The maximum atomic E-state index is 10.9. The van der Waals surface area contributed by atoms with E-state index in [-0.39, 0.29) is 16.9 Å². The van der Waals surface area contributed by atoms with E-state index < -0.39 is 5.60 Å². The minimum absolute atomic E-state index is 0.00303. The van der Waals surface area contributed by atoms with Crippen LogP contribution >= 0.6 is 0 Å². The van der Waals surface area contributed by atoms with Gasteiger partial charge in [-0.05, 0) is 76.0 Å². The van der Waals surface area contributed by atoms with Crippen molar-refractivity contribution in [2.24, 2.45) is 0 Å². The van der Waals surface area contributed by atoms with Gasteiger partial charge in [0.2, 0.25) is 0 Å². The van der Waals surface area contributed by atoms with Gasteiger partial charge >= 0.3 is 0 Å². The first-order valence-corrected chi connectivity index (χ1v) is 10.6. The number of hydrogen-bond donors (Lipinski definition) is 2. The minimum Gasteiger partial charge on any atom is -0.508 e. The number of rotatable bonds is 8. The number of aromatic hydroxyl groups is 1. The van der Waals surface area contributed by atoms with Gasteiger partial charge < -0.3 is 14.9 Å². The van der Waals surface area contributed by atoms with Gasteiger partial charge in [-0.1, -0.05) is 46.5 Å². The summed E-state index contributed by atoms with van der Waals surface area (Å²) in [5.41, 5.74) is 0.909. The molecule has 1 unspecified atom stereocenters. The lowest BCUT2D eigenvalue weighted by Crippen LogP contribution is -2.37. The average molecular weight is 377 g/mol. The fourth-order valence-corrected chi connectivity index (χ4v) is 4.45. The molecule has 0 spiro atoms. The van der Waals surface area contributed by atoms with Crippen molar-refractivity contribution in [3.8, 4) is 11.5 Å². The highest BCUT2D eigenvalue weighted by molar-refractivity contribution is 5.52. The van der Waals surface area contributed by atoms with Gasteiger partial charge in [0.15, 0.2) is 0 Å². The van der Waals surface area contributed by atoms with Gasteiger partial charge in [-0.15, -0.1) is 0 Å². The number of ether oxygens (including phenoxy) is 1. The fraction of sp³-hybridized carbons (Fsp3) is 0.750. The quantitative estimate of drug-likeness (QED) is 0.513. The summed E-state index contributed by atoms with van der Waals surface area (Å²) >= 11 is 0. The standard InChI is InChI=1S/C24H40O3/c1-8-9-10-11-12-22(2,3)18-13-19(25)21-17(15-23(4,5)26)16-24(6,7)27-20(21)14-18/h13-14,17,25-26H,8-12,15-16H2,1-7H3. The van der Waals surface area contributed by atoms with Gasteiger partial charge in [0.05, 0.1) is 5.60 Å². The summed E-state index contributed by atoms with van der Waals surface area (Å²) < 4.78 is 6.28. The summed E-state index contributed by atoms with van der Waals surface area (Å²) in [7, 11) is 0. The van der Waals surface area contributed by atoms with E-state index in [9.17, 15) is 10.2 Å². The number of aliphatic hydroxyl groups is 1. The van der Waals surface area contributed by atoms with Crippen LogP contribution < -0.4 is 4.74 Å². The van der Waals surface area contributed by atoms with Crippen LogP contribution in [0.4, 0.5) is 0 Å². The molecule has 1 aliphatic rings. The van der Waals surface area contributed by atoms with Crippen LogP contribution in [0, 0.1) is 0 Å². The lowest BCUT2D eigenvalue weighted by atomic mass is 9.75. The van der Waals surface area contributed by atoms with Crippen LogP contribution in [0.1, 0.15) is 110 Å². The van der Waals surface area contributed by atoms with Gasteiger partial charge in [-0.3, -0.25) is 0 Å². The van der Waals surface area contributed by atoms with E-state index in [4.69, 9.17) is 4.74 Å². The van der Waals surface area contributed by atoms with Crippen molar-refractivity contribution in [3.05, 3.63) is 23.3 Å². The molecule has 1 atom stereocenters. The summed E-state index contributed by atoms with van der Waals surface area (Å²) in [6.07, 6.45) is 7.48. The highest BCUT2D eigenvalue weighted by atomic mass is 16.5. The van der Waals surface area contributed by atoms with Crippen molar-refractivity contribution in [2.45, 2.75) is 116 Å². The molecule has 1 aromatic carbocycles. The van der Waals surface area contributed by atoms with E-state index in [2.05, 4.69) is 40.7 Å². The van der Waals surface area contributed by atoms with Gasteiger partial charge in [0.25, 0.3) is 0 Å². The Kier molecular flexibility index (Phi) is 6.56. The van der Waals surface area contributed by atoms with Gasteiger partial charge in [0.1, 0.15) is 17.1 Å². The second kappa shape index (κ2) is 8.03. The van der Waals surface area contributed by atoms with Gasteiger partial charge in [-0.2, -0.15) is 0 Å². The molecule has 1 aliphatic heterocycles. The van der Waals surface area contributed by atoms with E-state index in [1.807, 2.05) is 19.9 Å². The molecule has 0 aliphatic carbocycles. The summed E-state index contributed by atoms with van der Waals surface area (Å²) in [6, 6.07) is 4.06. The minimum atomic E-state index is -0.779. The van der Waals surface area contributed by atoms with Crippen LogP contribution in [0.2, 0.25) is 0 Å². The lowest BCUT2D eigenvalue weighted by Gasteiger charge is -2.40. The van der Waals surface area contributed by atoms with Crippen molar-refractivity contribution in [1.82, 2.24) is 0 Å². The molecule has 0 saturated heterocycles. The van der Waals surface area contributed by atoms with E-state index in [1.54, 1.807) is 0 Å². The monoisotopic (exact) mass is 376 g/mol. The fourth-order valence-electron chi connectivity index (χ4n) is 4.45. The largest absolute Gasteiger partial charge is 0.508 e. The highest BCUT2D eigenvalue weighted by Gasteiger charge is 2.39. The van der Waals surface area contributed by atoms with E-state index in [0.29, 0.717) is 12.2 Å². The third-order valence-corrected chi connectivity index (χ3v) is 5.84. The number of fused-ring (bicyclic) bond motifs is 1. The molecule has 0 bridgehead atoms. The Morgan fingerprint density at radius 3 is 2.37 bits per heavy atom. The van der Waals surface area contributed by atoms with Crippen LogP contribution in [-0.2, 0) is 5.41 Å². The first kappa shape index (κ1) is 22.1. The molecule has 0 radical (unpaired) electrons. The van der Waals surface area contributed by atoms with Crippen molar-refractivity contribution in [1.29, 1.82) is 0 Å². The smallest absolute Gasteiger partial charge is 0.127 e. The Morgan fingerprint density at radius 1 is 1.11 bits per heavy atom. The predicted octanol–water partition coefficient (Wildman–Crippen LogP) is 6.45. The Labute approximate surface area is 166 Å². The molecule has 0 fully saturated rings. The Bertz CT molecular complexity index is 638. The number of phenols is 1. The molecule has 2 rings (SSSR count). The average Bonchev–Trinajstić information content (AvgIpc) is 2.48. The lowest BCUT2D eigenvalue weighted by molar-refractivity contribution is 0.0284. The topological polar surface area (TPSA) is 49.7 Å². The van der Waals surface area contributed by atoms with Crippen molar-refractivity contribution in [3.63, 3.8) is 0 Å². The summed E-state index contributed by atoms with van der Waals surface area (Å²) in [4.78, 5) is 0. The summed E-state index contributed by atoms with van der Waals surface area (Å²) in [5.74, 6) is 1.19. The molecular weight excluding hydrogens is 336 g/mol. The normalized spacial score (nSPS) is 19.5. The Hall–Kier alpha value is -1.22. The molecule has 0 saturated carbocycles. The van der Waals surface area contributed by atoms with Crippen LogP contribution in [0.25, 0.3) is 0 Å². The van der Waals surface area contributed by atoms with Crippen LogP contribution in [0.3, 0.4) is 0 Å². The second-order valence-electron chi connectivity index (χ2n) is 10.4. The number of phenolic OH excluding ortho intramolecular Hbond substituents is 1. The molecule has 2 N–H and O–H groups in total. The molecule has 1 aromatic rings. The molecule has 0 amide bonds. The van der Waals surface area contributed by atoms with E-state index in [0.717, 1.165) is 29.7 Å². The summed E-state index contributed by atoms with van der Waals surface area (Å²) in [5, 5.41) is 21.2. The van der Waals surface area contributed by atoms with Crippen LogP contribution in [0.15, 0.2) is 12.1 Å². The number of unbranched alkanes of at least 4 members (excludes halogenated alkanes) is 3. The molecule has 3 heteroatoms. The third-order valence-electron chi connectivity index (χ3n) is 5.84. The van der Waals surface area contributed by atoms with E-state index in [1.165, 1.54) is 25.7 Å². The van der Waals surface area contributed by atoms with Crippen LogP contribution in [0.5, 0.6) is 11.5 Å². The number of hydrogen-bond acceptors (Lipinski definition) is 3. The third kappa shape index (κ3) is 5.88.